The van der Waals surface area contributed by atoms with Crippen molar-refractivity contribution in [2.75, 3.05) is 0 Å². The molecule has 0 N–H and O–H groups in total. The molecule has 11 aromatic rings. The van der Waals surface area contributed by atoms with E-state index in [-0.39, 0.29) is 0 Å². The maximum Gasteiger partial charge on any atom is 0.238 e. The molecule has 0 spiro atoms. The van der Waals surface area contributed by atoms with Crippen molar-refractivity contribution >= 4 is 55.2 Å². The Hall–Kier alpha value is -7.96. The van der Waals surface area contributed by atoms with Crippen molar-refractivity contribution in [3.8, 4) is 51.0 Å². The number of allylic oxidation sites excluding steroid dienone is 3. The van der Waals surface area contributed by atoms with Crippen LogP contribution in [0.3, 0.4) is 0 Å². The molecule has 0 aliphatic rings. The van der Waals surface area contributed by atoms with Crippen molar-refractivity contribution in [3.63, 3.8) is 0 Å². The van der Waals surface area contributed by atoms with Crippen molar-refractivity contribution < 1.29 is 0 Å². The highest BCUT2D eigenvalue weighted by Gasteiger charge is 2.23. The molecule has 7 aromatic carbocycles. The fraction of sp³-hybridized carbons (Fsp3) is 0.0189. The number of fused-ring (bicyclic) bond motifs is 10. The zero-order valence-corrected chi connectivity index (χ0v) is 32.2. The van der Waals surface area contributed by atoms with Gasteiger partial charge in [-0.2, -0.15) is 9.97 Å². The number of hydrogen-bond acceptors (Lipinski definition) is 4. The number of para-hydroxylation sites is 1. The number of nitrogens with zero attached hydrogens (tertiary/aromatic N) is 6. The minimum atomic E-state index is 0.534. The van der Waals surface area contributed by atoms with Crippen molar-refractivity contribution in [2.24, 2.45) is 0 Å². The van der Waals surface area contributed by atoms with Crippen LogP contribution in [0, 0.1) is 0 Å². The minimum Gasteiger partial charge on any atom is -0.290 e. The summed E-state index contributed by atoms with van der Waals surface area (Å²) in [4.78, 5) is 21.1. The van der Waals surface area contributed by atoms with Gasteiger partial charge in [-0.05, 0) is 58.8 Å². The summed E-state index contributed by atoms with van der Waals surface area (Å²) < 4.78 is 4.53. The minimum absolute atomic E-state index is 0.534. The van der Waals surface area contributed by atoms with Gasteiger partial charge >= 0.3 is 0 Å². The van der Waals surface area contributed by atoms with E-state index in [1.165, 1.54) is 0 Å². The van der Waals surface area contributed by atoms with Gasteiger partial charge in [0, 0.05) is 32.7 Å². The Kier molecular flexibility index (Phi) is 8.26. The first-order valence-corrected chi connectivity index (χ1v) is 19.8. The number of imidazole rings is 1. The molecule has 0 saturated carbocycles. The predicted octanol–water partition coefficient (Wildman–Crippen LogP) is 13.2. The second-order valence-corrected chi connectivity index (χ2v) is 14.7. The van der Waals surface area contributed by atoms with Gasteiger partial charge in [0.2, 0.25) is 5.95 Å². The molecule has 0 radical (unpaired) electrons. The highest BCUT2D eigenvalue weighted by atomic mass is 15.2. The second kappa shape index (κ2) is 14.2. The average molecular weight is 757 g/mol. The van der Waals surface area contributed by atoms with Crippen LogP contribution in [0.1, 0.15) is 12.6 Å². The molecule has 6 heteroatoms. The molecule has 0 aliphatic heterocycles. The van der Waals surface area contributed by atoms with Crippen LogP contribution in [0.2, 0.25) is 0 Å². The topological polar surface area (TPSA) is 60.9 Å². The lowest BCUT2D eigenvalue weighted by atomic mass is 10.0. The molecular weight excluding hydrogens is 721 g/mol. The second-order valence-electron chi connectivity index (χ2n) is 14.7. The highest BCUT2D eigenvalue weighted by molar-refractivity contribution is 6.23. The Morgan fingerprint density at radius 3 is 1.63 bits per heavy atom. The molecule has 4 aromatic heterocycles. The normalized spacial score (nSPS) is 12.0. The quantitative estimate of drug-likeness (QED) is 0.120. The van der Waals surface area contributed by atoms with E-state index in [0.717, 1.165) is 88.2 Å². The van der Waals surface area contributed by atoms with E-state index < -0.39 is 0 Å². The van der Waals surface area contributed by atoms with Crippen molar-refractivity contribution in [2.45, 2.75) is 6.92 Å². The standard InChI is InChI=1S/C53H36N6/c1-2-3-6-25-41-34-54-52-46-28-12-11-26-42(46)44-30-31-45-43-27-13-14-29-47(43)59(49(45)48(44)58(41)52)53-56-50(39-23-15-21-37(32-39)35-17-7-4-8-18-35)55-51(57-53)40-24-16-22-38(33-40)36-19-9-5-10-20-36/h2-34H,1H3/b3-2-,25-6-. The zero-order chi connectivity index (χ0) is 39.3. The molecule has 0 fully saturated rings. The first-order chi connectivity index (χ1) is 29.2. The smallest absolute Gasteiger partial charge is 0.238 e. The molecular formula is C53H36N6. The third kappa shape index (κ3) is 5.81. The molecule has 278 valence electrons. The van der Waals surface area contributed by atoms with Gasteiger partial charge in [-0.25, -0.2) is 9.97 Å². The van der Waals surface area contributed by atoms with Crippen molar-refractivity contribution in [1.82, 2.24) is 28.9 Å². The predicted molar refractivity (Wildman–Crippen MR) is 244 cm³/mol. The number of benzene rings is 7. The lowest BCUT2D eigenvalue weighted by Gasteiger charge is -2.15. The van der Waals surface area contributed by atoms with Crippen LogP contribution in [0.25, 0.3) is 106 Å². The van der Waals surface area contributed by atoms with Gasteiger partial charge in [0.05, 0.1) is 28.4 Å². The van der Waals surface area contributed by atoms with E-state index in [1.54, 1.807) is 0 Å². The summed E-state index contributed by atoms with van der Waals surface area (Å²) in [5, 5.41) is 5.55. The highest BCUT2D eigenvalue weighted by Crippen LogP contribution is 2.40. The number of aromatic nitrogens is 6. The number of hydrogen-bond donors (Lipinski definition) is 0. The summed E-state index contributed by atoms with van der Waals surface area (Å²) in [6, 6.07) is 59.4. The number of pyridine rings is 1. The summed E-state index contributed by atoms with van der Waals surface area (Å²) in [7, 11) is 0. The lowest BCUT2D eigenvalue weighted by molar-refractivity contribution is 0.954. The van der Waals surface area contributed by atoms with E-state index in [0.29, 0.717) is 17.6 Å². The molecule has 0 atom stereocenters. The third-order valence-corrected chi connectivity index (χ3v) is 11.1. The molecule has 6 nitrogen and oxygen atoms in total. The van der Waals surface area contributed by atoms with Gasteiger partial charge in [0.15, 0.2) is 11.6 Å². The monoisotopic (exact) mass is 756 g/mol. The first-order valence-electron chi connectivity index (χ1n) is 19.8. The summed E-state index contributed by atoms with van der Waals surface area (Å²) in [6.45, 7) is 2.02. The summed E-state index contributed by atoms with van der Waals surface area (Å²) in [5.41, 5.74) is 11.1. The lowest BCUT2D eigenvalue weighted by Crippen LogP contribution is -2.07. The summed E-state index contributed by atoms with van der Waals surface area (Å²) >= 11 is 0. The largest absolute Gasteiger partial charge is 0.290 e. The van der Waals surface area contributed by atoms with Gasteiger partial charge in [-0.3, -0.25) is 8.97 Å². The van der Waals surface area contributed by atoms with Gasteiger partial charge in [0.1, 0.15) is 5.65 Å². The molecule has 0 bridgehead atoms. The Balaban J connectivity index is 1.26. The fourth-order valence-electron chi connectivity index (χ4n) is 8.44. The molecule has 4 heterocycles. The Morgan fingerprint density at radius 2 is 0.983 bits per heavy atom. The maximum atomic E-state index is 5.40. The molecule has 0 unspecified atom stereocenters. The van der Waals surface area contributed by atoms with Crippen LogP contribution in [-0.4, -0.2) is 28.9 Å². The molecule has 59 heavy (non-hydrogen) atoms. The summed E-state index contributed by atoms with van der Waals surface area (Å²) in [5.74, 6) is 1.71. The van der Waals surface area contributed by atoms with Crippen molar-refractivity contribution in [3.05, 3.63) is 200 Å². The van der Waals surface area contributed by atoms with E-state index >= 15 is 0 Å². The van der Waals surface area contributed by atoms with Crippen LogP contribution in [0.15, 0.2) is 194 Å². The number of rotatable bonds is 7. The molecule has 0 aliphatic carbocycles. The Labute approximate surface area is 340 Å². The van der Waals surface area contributed by atoms with Gasteiger partial charge in [0.25, 0.3) is 0 Å². The van der Waals surface area contributed by atoms with Gasteiger partial charge < -0.3 is 0 Å². The van der Waals surface area contributed by atoms with E-state index in [9.17, 15) is 0 Å². The third-order valence-electron chi connectivity index (χ3n) is 11.1. The van der Waals surface area contributed by atoms with Crippen LogP contribution >= 0.6 is 0 Å². The SMILES string of the molecule is C/C=C\C=C/c1cnc2c3ccccc3c3ccc4c5ccccc5n(-c5nc(-c6cccc(-c7ccccc7)c6)nc(-c6cccc(-c7ccccc7)c6)n5)c4c3n12. The first kappa shape index (κ1) is 34.3. The van der Waals surface area contributed by atoms with E-state index in [4.69, 9.17) is 19.9 Å². The van der Waals surface area contributed by atoms with E-state index in [1.807, 2.05) is 37.4 Å². The van der Waals surface area contributed by atoms with Gasteiger partial charge in [-0.1, -0.05) is 170 Å². The molecule has 0 saturated heterocycles. The van der Waals surface area contributed by atoms with E-state index in [2.05, 4.69) is 179 Å². The Morgan fingerprint density at radius 1 is 0.441 bits per heavy atom. The van der Waals surface area contributed by atoms with Crippen LogP contribution in [0.4, 0.5) is 0 Å². The van der Waals surface area contributed by atoms with Crippen LogP contribution in [-0.2, 0) is 0 Å². The van der Waals surface area contributed by atoms with Crippen LogP contribution in [0.5, 0.6) is 0 Å². The average Bonchev–Trinajstić information content (AvgIpc) is 3.89. The van der Waals surface area contributed by atoms with Crippen molar-refractivity contribution in [1.29, 1.82) is 0 Å². The molecule has 11 rings (SSSR count). The fourth-order valence-corrected chi connectivity index (χ4v) is 8.44. The maximum absolute atomic E-state index is 5.40. The van der Waals surface area contributed by atoms with Gasteiger partial charge in [-0.15, -0.1) is 0 Å². The zero-order valence-electron chi connectivity index (χ0n) is 32.2. The Bertz CT molecular complexity index is 3350. The van der Waals surface area contributed by atoms with Crippen LogP contribution < -0.4 is 0 Å². The summed E-state index contributed by atoms with van der Waals surface area (Å²) in [6.07, 6.45) is 10.2. The molecule has 0 amide bonds.